The van der Waals surface area contributed by atoms with Gasteiger partial charge in [-0.25, -0.2) is 9.82 Å². The lowest BCUT2D eigenvalue weighted by atomic mass is 10.0. The van der Waals surface area contributed by atoms with Crippen LogP contribution in [0, 0.1) is 5.82 Å². The molecule has 0 unspecified atom stereocenters. The first-order valence-corrected chi connectivity index (χ1v) is 9.51. The molecular weight excluding hydrogens is 381 g/mol. The molecule has 0 saturated heterocycles. The Bertz CT molecular complexity index is 962. The minimum absolute atomic E-state index is 0.116. The summed E-state index contributed by atoms with van der Waals surface area (Å²) in [7, 11) is 1.90. The molecule has 2 aliphatic heterocycles. The van der Waals surface area contributed by atoms with Gasteiger partial charge in [-0.1, -0.05) is 29.8 Å². The minimum Gasteiger partial charge on any atom is -0.394 e. The summed E-state index contributed by atoms with van der Waals surface area (Å²) in [6.07, 6.45) is 0.393. The van der Waals surface area contributed by atoms with Crippen LogP contribution in [0.3, 0.4) is 0 Å². The molecule has 2 aromatic rings. The molecule has 2 heterocycles. The molecule has 2 aliphatic rings. The Kier molecular flexibility index (Phi) is 5.10. The molecule has 5 nitrogen and oxygen atoms in total. The number of fused-ring (bicyclic) bond motifs is 1. The normalized spacial score (nSPS) is 17.5. The van der Waals surface area contributed by atoms with Gasteiger partial charge in [0.1, 0.15) is 5.82 Å². The summed E-state index contributed by atoms with van der Waals surface area (Å²) in [5, 5.41) is 12.5. The SMILES string of the molecule is CN1NCC(Cl)=C1c1ccc2c(c1)CN([C@H](CO)Cc1cccc(F)c1)C2=O. The van der Waals surface area contributed by atoms with Gasteiger partial charge in [-0.2, -0.15) is 0 Å². The molecule has 2 aromatic carbocycles. The molecular formula is C21H21ClFN3O2. The molecule has 0 radical (unpaired) electrons. The molecule has 0 saturated carbocycles. The first kappa shape index (κ1) is 18.9. The average Bonchev–Trinajstić information content (AvgIpc) is 3.18. The maximum atomic E-state index is 13.5. The molecule has 4 rings (SSSR count). The summed E-state index contributed by atoms with van der Waals surface area (Å²) >= 11 is 6.33. The maximum absolute atomic E-state index is 13.5. The molecule has 0 spiro atoms. The fraction of sp³-hybridized carbons (Fsp3) is 0.286. The van der Waals surface area contributed by atoms with E-state index in [0.717, 1.165) is 27.4 Å². The van der Waals surface area contributed by atoms with Gasteiger partial charge in [0, 0.05) is 24.7 Å². The highest BCUT2D eigenvalue weighted by atomic mass is 35.5. The van der Waals surface area contributed by atoms with Crippen molar-refractivity contribution in [1.82, 2.24) is 15.3 Å². The second kappa shape index (κ2) is 7.54. The second-order valence-electron chi connectivity index (χ2n) is 7.12. The highest BCUT2D eigenvalue weighted by Crippen LogP contribution is 2.32. The smallest absolute Gasteiger partial charge is 0.254 e. The van der Waals surface area contributed by atoms with Gasteiger partial charge < -0.3 is 15.0 Å². The van der Waals surface area contributed by atoms with Gasteiger partial charge in [-0.15, -0.1) is 0 Å². The molecule has 28 heavy (non-hydrogen) atoms. The molecule has 1 atom stereocenters. The van der Waals surface area contributed by atoms with E-state index in [9.17, 15) is 14.3 Å². The van der Waals surface area contributed by atoms with Gasteiger partial charge in [-0.3, -0.25) is 4.79 Å². The summed E-state index contributed by atoms with van der Waals surface area (Å²) in [6, 6.07) is 11.5. The summed E-state index contributed by atoms with van der Waals surface area (Å²) in [4.78, 5) is 14.6. The molecule has 0 bridgehead atoms. The van der Waals surface area contributed by atoms with Gasteiger partial charge in [0.2, 0.25) is 0 Å². The van der Waals surface area contributed by atoms with E-state index < -0.39 is 6.04 Å². The van der Waals surface area contributed by atoms with E-state index in [0.29, 0.717) is 25.1 Å². The highest BCUT2D eigenvalue weighted by Gasteiger charge is 2.33. The lowest BCUT2D eigenvalue weighted by Gasteiger charge is -2.26. The highest BCUT2D eigenvalue weighted by molar-refractivity contribution is 6.33. The predicted molar refractivity (Wildman–Crippen MR) is 106 cm³/mol. The van der Waals surface area contributed by atoms with Crippen LogP contribution in [0.1, 0.15) is 27.0 Å². The number of benzene rings is 2. The Morgan fingerprint density at radius 1 is 1.29 bits per heavy atom. The van der Waals surface area contributed by atoms with Crippen molar-refractivity contribution in [2.45, 2.75) is 19.0 Å². The van der Waals surface area contributed by atoms with Gasteiger partial charge in [0.05, 0.1) is 29.9 Å². The third-order valence-electron chi connectivity index (χ3n) is 5.29. The first-order valence-electron chi connectivity index (χ1n) is 9.13. The third-order valence-corrected chi connectivity index (χ3v) is 5.60. The number of aliphatic hydroxyl groups is 1. The lowest BCUT2D eigenvalue weighted by molar-refractivity contribution is 0.0617. The quantitative estimate of drug-likeness (QED) is 0.809. The van der Waals surface area contributed by atoms with E-state index in [1.807, 2.05) is 30.3 Å². The number of nitrogens with zero attached hydrogens (tertiary/aromatic N) is 2. The van der Waals surface area contributed by atoms with Crippen molar-refractivity contribution < 1.29 is 14.3 Å². The Balaban J connectivity index is 1.58. The number of nitrogens with one attached hydrogen (secondary N) is 1. The van der Waals surface area contributed by atoms with E-state index in [2.05, 4.69) is 5.43 Å². The summed E-state index contributed by atoms with van der Waals surface area (Å²) in [6.45, 7) is 0.799. The zero-order valence-corrected chi connectivity index (χ0v) is 16.2. The number of carbonyl (C=O) groups excluding carboxylic acids is 1. The number of carbonyl (C=O) groups is 1. The molecule has 0 aliphatic carbocycles. The Morgan fingerprint density at radius 2 is 2.11 bits per heavy atom. The number of rotatable bonds is 5. The van der Waals surface area contributed by atoms with Crippen molar-refractivity contribution in [2.75, 3.05) is 20.2 Å². The maximum Gasteiger partial charge on any atom is 0.254 e. The predicted octanol–water partition coefficient (Wildman–Crippen LogP) is 2.74. The molecule has 146 valence electrons. The fourth-order valence-corrected chi connectivity index (χ4v) is 4.17. The molecule has 7 heteroatoms. The average molecular weight is 402 g/mol. The van der Waals surface area contributed by atoms with Crippen molar-refractivity contribution in [3.05, 3.63) is 75.6 Å². The molecule has 2 N–H and O–H groups in total. The lowest BCUT2D eigenvalue weighted by Crippen LogP contribution is -2.39. The van der Waals surface area contributed by atoms with E-state index in [1.54, 1.807) is 17.0 Å². The van der Waals surface area contributed by atoms with Gasteiger partial charge >= 0.3 is 0 Å². The van der Waals surface area contributed by atoms with Crippen LogP contribution in [0.25, 0.3) is 5.70 Å². The molecule has 0 aromatic heterocycles. The Labute approximate surface area is 168 Å². The number of hydrazine groups is 1. The van der Waals surface area contributed by atoms with Crippen LogP contribution in [0.15, 0.2) is 47.5 Å². The summed E-state index contributed by atoms with van der Waals surface area (Å²) in [5.74, 6) is -0.440. The van der Waals surface area contributed by atoms with Crippen LogP contribution >= 0.6 is 11.6 Å². The first-order chi connectivity index (χ1) is 13.5. The van der Waals surface area contributed by atoms with Crippen LogP contribution in [-0.2, 0) is 13.0 Å². The van der Waals surface area contributed by atoms with Crippen molar-refractivity contribution in [3.63, 3.8) is 0 Å². The van der Waals surface area contributed by atoms with E-state index in [-0.39, 0.29) is 18.3 Å². The number of amides is 1. The van der Waals surface area contributed by atoms with Crippen LogP contribution in [0.5, 0.6) is 0 Å². The van der Waals surface area contributed by atoms with Gasteiger partial charge in [-0.05, 0) is 41.8 Å². The molecule has 0 fully saturated rings. The van der Waals surface area contributed by atoms with Crippen molar-refractivity contribution in [1.29, 1.82) is 0 Å². The zero-order chi connectivity index (χ0) is 19.8. The van der Waals surface area contributed by atoms with E-state index >= 15 is 0 Å². The second-order valence-corrected chi connectivity index (χ2v) is 7.58. The number of aliphatic hydroxyl groups excluding tert-OH is 1. The Morgan fingerprint density at radius 3 is 2.79 bits per heavy atom. The largest absolute Gasteiger partial charge is 0.394 e. The van der Waals surface area contributed by atoms with E-state index in [1.165, 1.54) is 12.1 Å². The van der Waals surface area contributed by atoms with Crippen LogP contribution in [-0.4, -0.2) is 47.2 Å². The third kappa shape index (κ3) is 3.39. The topological polar surface area (TPSA) is 55.8 Å². The van der Waals surface area contributed by atoms with Crippen molar-refractivity contribution >= 4 is 23.2 Å². The summed E-state index contributed by atoms with van der Waals surface area (Å²) in [5.41, 5.74) is 7.27. The Hall–Kier alpha value is -2.41. The monoisotopic (exact) mass is 401 g/mol. The van der Waals surface area contributed by atoms with Gasteiger partial charge in [0.25, 0.3) is 5.91 Å². The van der Waals surface area contributed by atoms with E-state index in [4.69, 9.17) is 11.6 Å². The van der Waals surface area contributed by atoms with Gasteiger partial charge in [0.15, 0.2) is 0 Å². The van der Waals surface area contributed by atoms with Crippen LogP contribution in [0.4, 0.5) is 4.39 Å². The number of hydrogen-bond acceptors (Lipinski definition) is 4. The van der Waals surface area contributed by atoms with Crippen LogP contribution < -0.4 is 5.43 Å². The number of halogens is 2. The van der Waals surface area contributed by atoms with Crippen LogP contribution in [0.2, 0.25) is 0 Å². The van der Waals surface area contributed by atoms with Crippen molar-refractivity contribution in [2.24, 2.45) is 0 Å². The minimum atomic E-state index is -0.413. The fourth-order valence-electron chi connectivity index (χ4n) is 3.88. The zero-order valence-electron chi connectivity index (χ0n) is 15.5. The summed E-state index contributed by atoms with van der Waals surface area (Å²) < 4.78 is 13.5. The molecule has 1 amide bonds. The van der Waals surface area contributed by atoms with Crippen molar-refractivity contribution in [3.8, 4) is 0 Å². The number of hydrogen-bond donors (Lipinski definition) is 2. The standard InChI is InChI=1S/C21H21ClFN3O2/c1-25-20(19(22)10-24-25)14-5-6-18-15(9-14)11-26(21(18)28)17(12-27)8-13-3-2-4-16(23)7-13/h2-7,9,17,24,27H,8,10-12H2,1H3/t17-/m0/s1.